The fraction of sp³-hybridized carbons (Fsp3) is 0.162. The van der Waals surface area contributed by atoms with Gasteiger partial charge in [0.15, 0.2) is 19.0 Å². The molecule has 4 aromatic rings. The average molecular weight is 621 g/mol. The Bertz CT molecular complexity index is 1500. The van der Waals surface area contributed by atoms with Gasteiger partial charge in [0, 0.05) is 13.1 Å². The molecule has 0 aliphatic rings. The van der Waals surface area contributed by atoms with Crippen LogP contribution in [0.1, 0.15) is 22.3 Å². The van der Waals surface area contributed by atoms with E-state index in [2.05, 4.69) is 10.6 Å². The zero-order valence-electron chi connectivity index (χ0n) is 25.7. The molecule has 0 radical (unpaired) electrons. The minimum Gasteiger partial charge on any atom is -0.497 e. The molecule has 46 heavy (non-hydrogen) atoms. The summed E-state index contributed by atoms with van der Waals surface area (Å²) in [6.07, 6.45) is 6.35. The fourth-order valence-electron chi connectivity index (χ4n) is 4.05. The maximum absolute atomic E-state index is 12.3. The van der Waals surface area contributed by atoms with Gasteiger partial charge in [-0.1, -0.05) is 60.7 Å². The van der Waals surface area contributed by atoms with Crippen LogP contribution < -0.4 is 29.6 Å². The molecule has 0 aliphatic carbocycles. The first-order chi connectivity index (χ1) is 22.4. The van der Waals surface area contributed by atoms with Gasteiger partial charge in [-0.05, 0) is 82.9 Å². The van der Waals surface area contributed by atoms with Gasteiger partial charge in [0.25, 0.3) is 11.8 Å². The van der Waals surface area contributed by atoms with Crippen molar-refractivity contribution in [2.75, 3.05) is 27.4 Å². The lowest BCUT2D eigenvalue weighted by Gasteiger charge is -2.08. The highest BCUT2D eigenvalue weighted by Gasteiger charge is 2.05. The lowest BCUT2D eigenvalue weighted by molar-refractivity contribution is -0.124. The van der Waals surface area contributed by atoms with Crippen LogP contribution in [-0.4, -0.2) is 45.0 Å². The number of carbonyl (C=O) groups excluding carboxylic acids is 3. The van der Waals surface area contributed by atoms with Crippen LogP contribution in [0.4, 0.5) is 0 Å². The Morgan fingerprint density at radius 3 is 1.22 bits per heavy atom. The van der Waals surface area contributed by atoms with E-state index < -0.39 is 0 Å². The van der Waals surface area contributed by atoms with Crippen LogP contribution in [-0.2, 0) is 27.5 Å². The maximum Gasteiger partial charge on any atom is 0.258 e. The van der Waals surface area contributed by atoms with Crippen LogP contribution in [0.15, 0.2) is 109 Å². The smallest absolute Gasteiger partial charge is 0.258 e. The van der Waals surface area contributed by atoms with Crippen molar-refractivity contribution in [1.82, 2.24) is 10.6 Å². The number of methoxy groups -OCH3 is 2. The zero-order valence-corrected chi connectivity index (χ0v) is 25.7. The number of benzene rings is 4. The molecule has 4 aromatic carbocycles. The third kappa shape index (κ3) is 11.3. The fourth-order valence-corrected chi connectivity index (χ4v) is 4.05. The van der Waals surface area contributed by atoms with Crippen molar-refractivity contribution in [2.45, 2.75) is 13.1 Å². The van der Waals surface area contributed by atoms with Gasteiger partial charge in [-0.3, -0.25) is 14.4 Å². The monoisotopic (exact) mass is 620 g/mol. The summed E-state index contributed by atoms with van der Waals surface area (Å²) in [5, 5.41) is 5.63. The standard InChI is InChI=1S/C37H36N2O7/c1-43-32-15-9-29(10-16-32)23-38-36(41)25-45-34-19-5-27(6-20-34)3-13-31(40)14-4-28-7-21-35(22-8-28)46-26-37(42)39-24-30-11-17-33(44-2)18-12-30/h3-22H,23-26H2,1-2H3,(H,38,41)(H,39,42)/b13-3+,14-4+. The Hall–Kier alpha value is -5.83. The third-order valence-corrected chi connectivity index (χ3v) is 6.68. The quantitative estimate of drug-likeness (QED) is 0.162. The van der Waals surface area contributed by atoms with Crippen LogP contribution in [0, 0.1) is 0 Å². The summed E-state index contributed by atoms with van der Waals surface area (Å²) in [7, 11) is 3.21. The van der Waals surface area contributed by atoms with Crippen LogP contribution in [0.2, 0.25) is 0 Å². The van der Waals surface area contributed by atoms with Crippen molar-refractivity contribution >= 4 is 29.7 Å². The molecular weight excluding hydrogens is 584 g/mol. The molecule has 236 valence electrons. The molecule has 2 amide bonds. The van der Waals surface area contributed by atoms with E-state index in [1.54, 1.807) is 74.9 Å². The second-order valence-electron chi connectivity index (χ2n) is 10.0. The number of ether oxygens (including phenoxy) is 4. The first-order valence-corrected chi connectivity index (χ1v) is 14.6. The van der Waals surface area contributed by atoms with E-state index >= 15 is 0 Å². The van der Waals surface area contributed by atoms with Crippen molar-refractivity contribution in [3.05, 3.63) is 131 Å². The van der Waals surface area contributed by atoms with Gasteiger partial charge in [-0.25, -0.2) is 0 Å². The van der Waals surface area contributed by atoms with Gasteiger partial charge < -0.3 is 29.6 Å². The average Bonchev–Trinajstić information content (AvgIpc) is 3.10. The minimum absolute atomic E-state index is 0.109. The molecule has 9 nitrogen and oxygen atoms in total. The van der Waals surface area contributed by atoms with Crippen LogP contribution in [0.25, 0.3) is 12.2 Å². The number of amides is 2. The molecule has 0 unspecified atom stereocenters. The molecule has 9 heteroatoms. The lowest BCUT2D eigenvalue weighted by atomic mass is 10.1. The van der Waals surface area contributed by atoms with Gasteiger partial charge in [0.2, 0.25) is 0 Å². The van der Waals surface area contributed by atoms with E-state index in [-0.39, 0.29) is 30.8 Å². The first-order valence-electron chi connectivity index (χ1n) is 14.6. The summed E-state index contributed by atoms with van der Waals surface area (Å²) >= 11 is 0. The topological polar surface area (TPSA) is 112 Å². The number of hydrogen-bond donors (Lipinski definition) is 2. The molecule has 0 fully saturated rings. The maximum atomic E-state index is 12.3. The Balaban J connectivity index is 1.13. The highest BCUT2D eigenvalue weighted by Crippen LogP contribution is 2.16. The van der Waals surface area contributed by atoms with Gasteiger partial charge in [0.05, 0.1) is 14.2 Å². The number of rotatable bonds is 16. The number of carbonyl (C=O) groups is 3. The molecule has 0 atom stereocenters. The highest BCUT2D eigenvalue weighted by molar-refractivity contribution is 6.04. The molecule has 0 aliphatic heterocycles. The predicted molar refractivity (Wildman–Crippen MR) is 177 cm³/mol. The molecule has 0 saturated heterocycles. The summed E-state index contributed by atoms with van der Waals surface area (Å²) < 4.78 is 21.4. The largest absolute Gasteiger partial charge is 0.497 e. The predicted octanol–water partition coefficient (Wildman–Crippen LogP) is 5.39. The molecule has 4 rings (SSSR count). The molecule has 0 heterocycles. The highest BCUT2D eigenvalue weighted by atomic mass is 16.5. The number of allylic oxidation sites excluding steroid dienone is 2. The summed E-state index contributed by atoms with van der Waals surface area (Å²) in [6.45, 7) is 0.571. The summed E-state index contributed by atoms with van der Waals surface area (Å²) in [4.78, 5) is 36.6. The van der Waals surface area contributed by atoms with E-state index in [0.717, 1.165) is 33.8 Å². The van der Waals surface area contributed by atoms with Gasteiger partial charge in [-0.15, -0.1) is 0 Å². The number of hydrogen-bond acceptors (Lipinski definition) is 7. The van der Waals surface area contributed by atoms with Crippen molar-refractivity contribution < 1.29 is 33.3 Å². The Kier molecular flexibility index (Phi) is 12.6. The van der Waals surface area contributed by atoms with Gasteiger partial charge >= 0.3 is 0 Å². The SMILES string of the molecule is COc1ccc(CNC(=O)COc2ccc(/C=C/C(=O)/C=C/c3ccc(OCC(=O)NCc4ccc(OC)cc4)cc3)cc2)cc1. The van der Waals surface area contributed by atoms with E-state index in [4.69, 9.17) is 18.9 Å². The molecule has 0 aromatic heterocycles. The van der Waals surface area contributed by atoms with Crippen LogP contribution in [0.5, 0.6) is 23.0 Å². The number of nitrogens with one attached hydrogen (secondary N) is 2. The molecule has 2 N–H and O–H groups in total. The normalized spacial score (nSPS) is 10.8. The van der Waals surface area contributed by atoms with Crippen molar-refractivity contribution in [1.29, 1.82) is 0 Å². The van der Waals surface area contributed by atoms with Crippen LogP contribution in [0.3, 0.4) is 0 Å². The Morgan fingerprint density at radius 1 is 0.522 bits per heavy atom. The van der Waals surface area contributed by atoms with E-state index in [0.29, 0.717) is 24.6 Å². The zero-order chi connectivity index (χ0) is 32.6. The Labute approximate surface area is 268 Å². The van der Waals surface area contributed by atoms with E-state index in [1.807, 2.05) is 48.5 Å². The Morgan fingerprint density at radius 2 is 0.870 bits per heavy atom. The molecule has 0 saturated carbocycles. The van der Waals surface area contributed by atoms with Crippen molar-refractivity contribution in [3.8, 4) is 23.0 Å². The second-order valence-corrected chi connectivity index (χ2v) is 10.0. The summed E-state index contributed by atoms with van der Waals surface area (Å²) in [5.41, 5.74) is 3.54. The van der Waals surface area contributed by atoms with Gasteiger partial charge in [0.1, 0.15) is 23.0 Å². The minimum atomic E-state index is -0.233. The van der Waals surface area contributed by atoms with Gasteiger partial charge in [-0.2, -0.15) is 0 Å². The van der Waals surface area contributed by atoms with E-state index in [9.17, 15) is 14.4 Å². The summed E-state index contributed by atoms with van der Waals surface area (Å²) in [6, 6.07) is 29.1. The molecule has 0 spiro atoms. The van der Waals surface area contributed by atoms with Crippen LogP contribution >= 0.6 is 0 Å². The van der Waals surface area contributed by atoms with Crippen molar-refractivity contribution in [3.63, 3.8) is 0 Å². The first kappa shape index (κ1) is 33.1. The number of ketones is 1. The van der Waals surface area contributed by atoms with Crippen molar-refractivity contribution in [2.24, 2.45) is 0 Å². The van der Waals surface area contributed by atoms with E-state index in [1.165, 1.54) is 12.2 Å². The summed E-state index contributed by atoms with van der Waals surface area (Å²) in [5.74, 6) is 1.96. The third-order valence-electron chi connectivity index (χ3n) is 6.68. The lowest BCUT2D eigenvalue weighted by Crippen LogP contribution is -2.28. The second kappa shape index (κ2) is 17.5. The molecule has 0 bridgehead atoms. The molecular formula is C37H36N2O7.